The van der Waals surface area contributed by atoms with Crippen molar-refractivity contribution in [1.82, 2.24) is 10.6 Å². The summed E-state index contributed by atoms with van der Waals surface area (Å²) in [5.41, 5.74) is 1.34. The average molecular weight is 436 g/mol. The van der Waals surface area contributed by atoms with Crippen LogP contribution in [0.3, 0.4) is 0 Å². The standard InChI is InChI=1S/C24H41N3O4/c1-6-25-23(27-18-24(13-8-9-14-24)15-17-31-7-2)26-16-12-19-10-11-20(28-3)22(30-5)21(19)29-4/h10-11H,6-9,12-18H2,1-5H3,(H2,25,26,27). The molecule has 0 saturated heterocycles. The summed E-state index contributed by atoms with van der Waals surface area (Å²) in [6.45, 7) is 8.17. The van der Waals surface area contributed by atoms with Gasteiger partial charge >= 0.3 is 0 Å². The second kappa shape index (κ2) is 13.3. The Morgan fingerprint density at radius 1 is 1.00 bits per heavy atom. The van der Waals surface area contributed by atoms with Gasteiger partial charge in [-0.1, -0.05) is 18.9 Å². The quantitative estimate of drug-likeness (QED) is 0.279. The van der Waals surface area contributed by atoms with E-state index in [0.29, 0.717) is 17.2 Å². The van der Waals surface area contributed by atoms with Gasteiger partial charge in [0.1, 0.15) is 0 Å². The summed E-state index contributed by atoms with van der Waals surface area (Å²) in [5, 5.41) is 6.85. The number of hydrogen-bond donors (Lipinski definition) is 2. The maximum absolute atomic E-state index is 5.64. The zero-order chi connectivity index (χ0) is 22.5. The lowest BCUT2D eigenvalue weighted by molar-refractivity contribution is 0.107. The second-order valence-corrected chi connectivity index (χ2v) is 8.02. The van der Waals surface area contributed by atoms with E-state index in [-0.39, 0.29) is 5.41 Å². The first kappa shape index (κ1) is 25.1. The fraction of sp³-hybridized carbons (Fsp3) is 0.708. The monoisotopic (exact) mass is 435 g/mol. The van der Waals surface area contributed by atoms with Gasteiger partial charge in [0.2, 0.25) is 5.75 Å². The molecular formula is C24H41N3O4. The van der Waals surface area contributed by atoms with Crippen LogP contribution in [0, 0.1) is 5.41 Å². The minimum absolute atomic E-state index is 0.282. The van der Waals surface area contributed by atoms with Gasteiger partial charge in [0.15, 0.2) is 17.5 Å². The van der Waals surface area contributed by atoms with Crippen LogP contribution in [0.4, 0.5) is 0 Å². The lowest BCUT2D eigenvalue weighted by Gasteiger charge is -2.27. The van der Waals surface area contributed by atoms with Gasteiger partial charge in [0.25, 0.3) is 0 Å². The molecule has 2 rings (SSSR count). The fourth-order valence-electron chi connectivity index (χ4n) is 4.31. The number of methoxy groups -OCH3 is 3. The Kier molecular flexibility index (Phi) is 10.8. The molecule has 0 heterocycles. The van der Waals surface area contributed by atoms with E-state index in [2.05, 4.69) is 24.5 Å². The van der Waals surface area contributed by atoms with Gasteiger partial charge in [0.05, 0.1) is 21.3 Å². The van der Waals surface area contributed by atoms with E-state index in [1.807, 2.05) is 12.1 Å². The molecule has 1 aromatic rings. The van der Waals surface area contributed by atoms with Crippen LogP contribution in [-0.4, -0.2) is 60.1 Å². The van der Waals surface area contributed by atoms with Gasteiger partial charge < -0.3 is 29.6 Å². The molecular weight excluding hydrogens is 394 g/mol. The summed E-state index contributed by atoms with van der Waals surface area (Å²) < 4.78 is 22.1. The SMILES string of the molecule is CCNC(=NCC1(CCOCC)CCCC1)NCCc1ccc(OC)c(OC)c1OC. The van der Waals surface area contributed by atoms with Crippen molar-refractivity contribution in [1.29, 1.82) is 0 Å². The molecule has 0 spiro atoms. The number of nitrogens with one attached hydrogen (secondary N) is 2. The van der Waals surface area contributed by atoms with Crippen LogP contribution in [0.25, 0.3) is 0 Å². The Morgan fingerprint density at radius 3 is 2.35 bits per heavy atom. The van der Waals surface area contributed by atoms with Gasteiger partial charge in [-0.25, -0.2) is 0 Å². The molecule has 0 bridgehead atoms. The minimum Gasteiger partial charge on any atom is -0.493 e. The summed E-state index contributed by atoms with van der Waals surface area (Å²) in [6, 6.07) is 3.94. The predicted octanol–water partition coefficient (Wildman–Crippen LogP) is 3.80. The van der Waals surface area contributed by atoms with E-state index in [1.165, 1.54) is 25.7 Å². The normalized spacial score (nSPS) is 15.6. The van der Waals surface area contributed by atoms with E-state index in [4.69, 9.17) is 23.9 Å². The summed E-state index contributed by atoms with van der Waals surface area (Å²) in [4.78, 5) is 4.94. The molecule has 1 fully saturated rings. The van der Waals surface area contributed by atoms with Crippen LogP contribution in [0.15, 0.2) is 17.1 Å². The first-order valence-electron chi connectivity index (χ1n) is 11.5. The third kappa shape index (κ3) is 7.20. The molecule has 31 heavy (non-hydrogen) atoms. The van der Waals surface area contributed by atoms with Crippen LogP contribution in [0.2, 0.25) is 0 Å². The zero-order valence-electron chi connectivity index (χ0n) is 20.0. The third-order valence-corrected chi connectivity index (χ3v) is 6.03. The van der Waals surface area contributed by atoms with Gasteiger partial charge in [-0.2, -0.15) is 0 Å². The van der Waals surface area contributed by atoms with Crippen molar-refractivity contribution >= 4 is 5.96 Å². The third-order valence-electron chi connectivity index (χ3n) is 6.03. The molecule has 0 aromatic heterocycles. The molecule has 7 nitrogen and oxygen atoms in total. The molecule has 0 amide bonds. The second-order valence-electron chi connectivity index (χ2n) is 8.02. The highest BCUT2D eigenvalue weighted by molar-refractivity contribution is 5.79. The molecule has 1 aliphatic rings. The molecule has 0 unspecified atom stereocenters. The van der Waals surface area contributed by atoms with Gasteiger partial charge in [-0.15, -0.1) is 0 Å². The van der Waals surface area contributed by atoms with E-state index < -0.39 is 0 Å². The molecule has 1 aliphatic carbocycles. The highest BCUT2D eigenvalue weighted by Gasteiger charge is 2.33. The molecule has 2 N–H and O–H groups in total. The predicted molar refractivity (Wildman–Crippen MR) is 126 cm³/mol. The van der Waals surface area contributed by atoms with Crippen molar-refractivity contribution < 1.29 is 18.9 Å². The molecule has 1 saturated carbocycles. The Hall–Kier alpha value is -2.15. The highest BCUT2D eigenvalue weighted by atomic mass is 16.5. The summed E-state index contributed by atoms with van der Waals surface area (Å²) >= 11 is 0. The van der Waals surface area contributed by atoms with Crippen molar-refractivity contribution in [2.75, 3.05) is 54.2 Å². The maximum Gasteiger partial charge on any atom is 0.203 e. The van der Waals surface area contributed by atoms with Crippen molar-refractivity contribution in [2.24, 2.45) is 10.4 Å². The minimum atomic E-state index is 0.282. The molecule has 1 aromatic carbocycles. The maximum atomic E-state index is 5.64. The van der Waals surface area contributed by atoms with Crippen LogP contribution in [0.1, 0.15) is 51.5 Å². The topological polar surface area (TPSA) is 73.3 Å². The van der Waals surface area contributed by atoms with E-state index in [1.54, 1.807) is 21.3 Å². The van der Waals surface area contributed by atoms with Crippen molar-refractivity contribution in [3.8, 4) is 17.2 Å². The fourth-order valence-corrected chi connectivity index (χ4v) is 4.31. The van der Waals surface area contributed by atoms with Crippen LogP contribution in [0.5, 0.6) is 17.2 Å². The lowest BCUT2D eigenvalue weighted by Crippen LogP contribution is -2.39. The van der Waals surface area contributed by atoms with Crippen LogP contribution < -0.4 is 24.8 Å². The number of ether oxygens (including phenoxy) is 4. The molecule has 0 atom stereocenters. The number of hydrogen-bond acceptors (Lipinski definition) is 5. The lowest BCUT2D eigenvalue weighted by atomic mass is 9.83. The molecule has 0 aliphatic heterocycles. The number of benzene rings is 1. The van der Waals surface area contributed by atoms with Crippen molar-refractivity contribution in [3.63, 3.8) is 0 Å². The Morgan fingerprint density at radius 2 is 1.74 bits per heavy atom. The van der Waals surface area contributed by atoms with Gasteiger partial charge in [-0.05, 0) is 51.0 Å². The molecule has 7 heteroatoms. The number of guanidine groups is 1. The Balaban J connectivity index is 2.00. The highest BCUT2D eigenvalue weighted by Crippen LogP contribution is 2.41. The smallest absolute Gasteiger partial charge is 0.203 e. The zero-order valence-corrected chi connectivity index (χ0v) is 20.0. The Labute approximate surface area is 187 Å². The van der Waals surface area contributed by atoms with Crippen LogP contribution >= 0.6 is 0 Å². The first-order valence-corrected chi connectivity index (χ1v) is 11.5. The number of aliphatic imine (C=N–C) groups is 1. The summed E-state index contributed by atoms with van der Waals surface area (Å²) in [5.74, 6) is 2.87. The molecule has 0 radical (unpaired) electrons. The summed E-state index contributed by atoms with van der Waals surface area (Å²) in [6.07, 6.45) is 6.95. The van der Waals surface area contributed by atoms with E-state index >= 15 is 0 Å². The summed E-state index contributed by atoms with van der Waals surface area (Å²) in [7, 11) is 4.91. The van der Waals surface area contributed by atoms with Crippen LogP contribution in [-0.2, 0) is 11.2 Å². The van der Waals surface area contributed by atoms with Gasteiger partial charge in [0, 0.05) is 38.4 Å². The molecule has 176 valence electrons. The first-order chi connectivity index (χ1) is 15.1. The average Bonchev–Trinajstić information content (AvgIpc) is 3.26. The van der Waals surface area contributed by atoms with E-state index in [9.17, 15) is 0 Å². The number of nitrogens with zero attached hydrogens (tertiary/aromatic N) is 1. The largest absolute Gasteiger partial charge is 0.493 e. The van der Waals surface area contributed by atoms with Crippen molar-refractivity contribution in [3.05, 3.63) is 17.7 Å². The Bertz CT molecular complexity index is 688. The number of rotatable bonds is 13. The van der Waals surface area contributed by atoms with E-state index in [0.717, 1.165) is 57.2 Å². The van der Waals surface area contributed by atoms with Gasteiger partial charge in [-0.3, -0.25) is 4.99 Å². The van der Waals surface area contributed by atoms with Crippen molar-refractivity contribution in [2.45, 2.75) is 52.4 Å².